The Balaban J connectivity index is 1.61. The lowest BCUT2D eigenvalue weighted by Crippen LogP contribution is -2.41. The Morgan fingerprint density at radius 3 is 2.21 bits per heavy atom. The molecule has 2 aromatic rings. The number of rotatable bonds is 10. The third kappa shape index (κ3) is 6.24. The fourth-order valence-corrected chi connectivity index (χ4v) is 4.04. The van der Waals surface area contributed by atoms with Crippen molar-refractivity contribution in [3.8, 4) is 11.5 Å². The predicted octanol–water partition coefficient (Wildman–Crippen LogP) is 6.97. The molecule has 0 aliphatic heterocycles. The van der Waals surface area contributed by atoms with Crippen molar-refractivity contribution in [2.75, 3.05) is 13.2 Å². The van der Waals surface area contributed by atoms with Crippen LogP contribution in [0, 0.1) is 5.41 Å². The molecule has 1 aliphatic rings. The van der Waals surface area contributed by atoms with E-state index in [9.17, 15) is 0 Å². The van der Waals surface area contributed by atoms with Crippen LogP contribution in [-0.4, -0.2) is 19.5 Å². The first-order valence-corrected chi connectivity index (χ1v) is 11.2. The minimum Gasteiger partial charge on any atom is -0.491 e. The van der Waals surface area contributed by atoms with Gasteiger partial charge in [-0.05, 0) is 55.0 Å². The summed E-state index contributed by atoms with van der Waals surface area (Å²) in [7, 11) is 0. The Morgan fingerprint density at radius 2 is 1.55 bits per heavy atom. The Kier molecular flexibility index (Phi) is 8.00. The largest absolute Gasteiger partial charge is 0.491 e. The van der Waals surface area contributed by atoms with Gasteiger partial charge < -0.3 is 14.2 Å². The van der Waals surface area contributed by atoms with Gasteiger partial charge in [0.15, 0.2) is 0 Å². The molecule has 1 fully saturated rings. The second-order valence-corrected chi connectivity index (χ2v) is 8.58. The number of ether oxygens (including phenoxy) is 3. The molecule has 0 radical (unpaired) electrons. The zero-order valence-electron chi connectivity index (χ0n) is 18.2. The first-order valence-electron chi connectivity index (χ1n) is 11.2. The van der Waals surface area contributed by atoms with E-state index in [2.05, 4.69) is 45.0 Å². The fourth-order valence-electron chi connectivity index (χ4n) is 4.04. The molecule has 0 spiro atoms. The van der Waals surface area contributed by atoms with Crippen LogP contribution in [0.4, 0.5) is 0 Å². The first-order chi connectivity index (χ1) is 14.1. The molecule has 2 unspecified atom stereocenters. The maximum Gasteiger partial charge on any atom is 0.205 e. The van der Waals surface area contributed by atoms with Crippen LogP contribution in [0.15, 0.2) is 54.6 Å². The lowest BCUT2D eigenvalue weighted by atomic mass is 9.75. The molecule has 3 rings (SSSR count). The quantitative estimate of drug-likeness (QED) is 0.320. The summed E-state index contributed by atoms with van der Waals surface area (Å²) in [6.07, 6.45) is 6.97. The third-order valence-electron chi connectivity index (χ3n) is 6.23. The van der Waals surface area contributed by atoms with Crippen LogP contribution in [0.2, 0.25) is 0 Å². The number of benzene rings is 2. The molecule has 0 saturated heterocycles. The van der Waals surface area contributed by atoms with Crippen molar-refractivity contribution in [2.24, 2.45) is 5.41 Å². The molecule has 0 N–H and O–H groups in total. The zero-order chi connectivity index (χ0) is 20.5. The van der Waals surface area contributed by atoms with Gasteiger partial charge in [-0.25, -0.2) is 0 Å². The van der Waals surface area contributed by atoms with E-state index in [0.29, 0.717) is 19.1 Å². The van der Waals surface area contributed by atoms with Gasteiger partial charge in [0.1, 0.15) is 18.1 Å². The molecule has 0 amide bonds. The molecule has 0 heterocycles. The van der Waals surface area contributed by atoms with Crippen molar-refractivity contribution in [1.82, 2.24) is 0 Å². The molecule has 2 aromatic carbocycles. The van der Waals surface area contributed by atoms with Crippen molar-refractivity contribution in [3.05, 3.63) is 60.2 Å². The van der Waals surface area contributed by atoms with Gasteiger partial charge >= 0.3 is 0 Å². The van der Waals surface area contributed by atoms with Crippen LogP contribution in [0.25, 0.3) is 0 Å². The van der Waals surface area contributed by atoms with Gasteiger partial charge in [0.05, 0.1) is 6.61 Å². The minimum absolute atomic E-state index is 0.0420. The number of hydrogen-bond acceptors (Lipinski definition) is 3. The monoisotopic (exact) mass is 396 g/mol. The van der Waals surface area contributed by atoms with E-state index in [0.717, 1.165) is 30.8 Å². The summed E-state index contributed by atoms with van der Waals surface area (Å²) in [5.41, 5.74) is 1.40. The van der Waals surface area contributed by atoms with E-state index in [1.54, 1.807) is 0 Å². The average molecular weight is 397 g/mol. The third-order valence-corrected chi connectivity index (χ3v) is 6.23. The predicted molar refractivity (Wildman–Crippen MR) is 119 cm³/mol. The smallest absolute Gasteiger partial charge is 0.205 e. The highest BCUT2D eigenvalue weighted by Crippen LogP contribution is 2.41. The summed E-state index contributed by atoms with van der Waals surface area (Å²) >= 11 is 0. The summed E-state index contributed by atoms with van der Waals surface area (Å²) < 4.78 is 18.5. The Bertz CT molecular complexity index is 704. The van der Waals surface area contributed by atoms with Gasteiger partial charge in [-0.1, -0.05) is 70.4 Å². The van der Waals surface area contributed by atoms with Crippen LogP contribution in [-0.2, 0) is 4.74 Å². The highest BCUT2D eigenvalue weighted by atomic mass is 16.7. The van der Waals surface area contributed by atoms with E-state index in [-0.39, 0.29) is 11.7 Å². The normalized spacial score (nSPS) is 18.0. The van der Waals surface area contributed by atoms with Gasteiger partial charge in [0, 0.05) is 5.41 Å². The van der Waals surface area contributed by atoms with E-state index >= 15 is 0 Å². The average Bonchev–Trinajstić information content (AvgIpc) is 2.77. The van der Waals surface area contributed by atoms with Gasteiger partial charge in [-0.2, -0.15) is 0 Å². The molecular weight excluding hydrogens is 360 g/mol. The van der Waals surface area contributed by atoms with Crippen LogP contribution in [0.3, 0.4) is 0 Å². The highest BCUT2D eigenvalue weighted by Gasteiger charge is 2.38. The van der Waals surface area contributed by atoms with E-state index in [4.69, 9.17) is 14.2 Å². The molecule has 2 atom stereocenters. The number of para-hydroxylation sites is 1. The van der Waals surface area contributed by atoms with E-state index in [1.807, 2.05) is 30.3 Å². The van der Waals surface area contributed by atoms with Crippen LogP contribution >= 0.6 is 0 Å². The lowest BCUT2D eigenvalue weighted by molar-refractivity contribution is -0.166. The summed E-state index contributed by atoms with van der Waals surface area (Å²) in [4.78, 5) is 0. The van der Waals surface area contributed by atoms with Gasteiger partial charge in [0.25, 0.3) is 0 Å². The maximum absolute atomic E-state index is 6.40. The molecule has 3 nitrogen and oxygen atoms in total. The van der Waals surface area contributed by atoms with Crippen LogP contribution in [0.5, 0.6) is 11.5 Å². The number of hydrogen-bond donors (Lipinski definition) is 0. The summed E-state index contributed by atoms with van der Waals surface area (Å²) in [5, 5.41) is 0. The Morgan fingerprint density at radius 1 is 0.862 bits per heavy atom. The van der Waals surface area contributed by atoms with Crippen molar-refractivity contribution >= 4 is 0 Å². The van der Waals surface area contributed by atoms with Gasteiger partial charge in [-0.15, -0.1) is 0 Å². The van der Waals surface area contributed by atoms with E-state index in [1.165, 1.54) is 24.8 Å². The first kappa shape index (κ1) is 21.7. The van der Waals surface area contributed by atoms with Gasteiger partial charge in [-0.3, -0.25) is 0 Å². The van der Waals surface area contributed by atoms with Crippen molar-refractivity contribution in [3.63, 3.8) is 0 Å². The van der Waals surface area contributed by atoms with Gasteiger partial charge in [0.2, 0.25) is 6.29 Å². The standard InChI is InChI=1S/C26H36O3/c1-4-21(2)22-13-15-24(16-14-22)29-25(26(3)17-9-6-10-18-26)28-20-19-27-23-11-7-5-8-12-23/h5,7-8,11-16,21,25H,4,6,9-10,17-20H2,1-3H3. The molecule has 0 bridgehead atoms. The second kappa shape index (κ2) is 10.7. The van der Waals surface area contributed by atoms with E-state index < -0.39 is 0 Å². The molecule has 1 saturated carbocycles. The summed E-state index contributed by atoms with van der Waals surface area (Å²) in [5.74, 6) is 2.33. The minimum atomic E-state index is -0.253. The second-order valence-electron chi connectivity index (χ2n) is 8.58. The fraction of sp³-hybridized carbons (Fsp3) is 0.538. The Hall–Kier alpha value is -2.00. The zero-order valence-corrected chi connectivity index (χ0v) is 18.2. The topological polar surface area (TPSA) is 27.7 Å². The van der Waals surface area contributed by atoms with Crippen molar-refractivity contribution < 1.29 is 14.2 Å². The van der Waals surface area contributed by atoms with Crippen LogP contribution < -0.4 is 9.47 Å². The molecule has 3 heteroatoms. The molecule has 1 aliphatic carbocycles. The summed E-state index contributed by atoms with van der Waals surface area (Å²) in [6, 6.07) is 18.4. The highest BCUT2D eigenvalue weighted by molar-refractivity contribution is 5.29. The van der Waals surface area contributed by atoms with Crippen LogP contribution in [0.1, 0.15) is 70.8 Å². The van der Waals surface area contributed by atoms with Crippen molar-refractivity contribution in [1.29, 1.82) is 0 Å². The summed E-state index contributed by atoms with van der Waals surface area (Å²) in [6.45, 7) is 7.83. The molecule has 0 aromatic heterocycles. The lowest BCUT2D eigenvalue weighted by Gasteiger charge is -2.40. The molecular formula is C26H36O3. The molecule has 158 valence electrons. The SMILES string of the molecule is CCC(C)c1ccc(OC(OCCOc2ccccc2)C2(C)CCCCC2)cc1. The van der Waals surface area contributed by atoms with Crippen molar-refractivity contribution in [2.45, 2.75) is 71.5 Å². The molecule has 29 heavy (non-hydrogen) atoms. The Labute approximate surface area is 176 Å². The maximum atomic E-state index is 6.40.